The molecule has 0 unspecified atom stereocenters. The van der Waals surface area contributed by atoms with E-state index in [1.807, 2.05) is 0 Å². The lowest BCUT2D eigenvalue weighted by molar-refractivity contribution is -0.125. The summed E-state index contributed by atoms with van der Waals surface area (Å²) in [6.45, 7) is 0.699. The van der Waals surface area contributed by atoms with Crippen molar-refractivity contribution in [2.45, 2.75) is 44.6 Å². The number of halogens is 1. The second kappa shape index (κ2) is 8.43. The topological polar surface area (TPSA) is 73.9 Å². The summed E-state index contributed by atoms with van der Waals surface area (Å²) >= 11 is 6.16. The van der Waals surface area contributed by atoms with Crippen molar-refractivity contribution in [2.24, 2.45) is 0 Å². The van der Waals surface area contributed by atoms with Gasteiger partial charge in [-0.1, -0.05) is 30.9 Å². The molecule has 0 aromatic heterocycles. The van der Waals surface area contributed by atoms with Gasteiger partial charge in [-0.15, -0.1) is 0 Å². The summed E-state index contributed by atoms with van der Waals surface area (Å²) < 4.78 is 16.2. The fraction of sp³-hybridized carbons (Fsp3) is 0.556. The van der Waals surface area contributed by atoms with Gasteiger partial charge in [0.25, 0.3) is 5.91 Å². The van der Waals surface area contributed by atoms with Crippen molar-refractivity contribution in [3.05, 3.63) is 22.7 Å². The van der Waals surface area contributed by atoms with Crippen LogP contribution in [0.1, 0.15) is 48.9 Å². The zero-order valence-corrected chi connectivity index (χ0v) is 14.8. The quantitative estimate of drug-likeness (QED) is 0.828. The molecule has 1 saturated carbocycles. The van der Waals surface area contributed by atoms with E-state index in [1.165, 1.54) is 18.6 Å². The normalized spacial score (nSPS) is 17.5. The van der Waals surface area contributed by atoms with Crippen LogP contribution in [0.3, 0.4) is 0 Å². The summed E-state index contributed by atoms with van der Waals surface area (Å²) in [6, 6.07) is 3.19. The largest absolute Gasteiger partial charge is 0.489 e. The Balaban J connectivity index is 1.56. The Hall–Kier alpha value is -1.95. The first-order valence-corrected chi connectivity index (χ1v) is 9.07. The van der Waals surface area contributed by atoms with Crippen LogP contribution in [0.5, 0.6) is 11.5 Å². The standard InChI is InChI=1S/C18H22ClNO5/c19-14-9-12(10-15-17(14)24-8-4-7-23-15)18(22)25-11-16(21)20-13-5-2-1-3-6-13/h9-10,13H,1-8,11H2,(H,20,21). The molecular weight excluding hydrogens is 346 g/mol. The molecule has 6 nitrogen and oxygen atoms in total. The number of carbonyl (C=O) groups is 2. The van der Waals surface area contributed by atoms with E-state index in [4.69, 9.17) is 25.8 Å². The van der Waals surface area contributed by atoms with Gasteiger partial charge in [0.05, 0.1) is 23.8 Å². The number of esters is 1. The average molecular weight is 368 g/mol. The van der Waals surface area contributed by atoms with Crippen molar-refractivity contribution in [3.8, 4) is 11.5 Å². The van der Waals surface area contributed by atoms with Gasteiger partial charge in [0.2, 0.25) is 0 Å². The fourth-order valence-electron chi connectivity index (χ4n) is 3.08. The minimum absolute atomic E-state index is 0.187. The average Bonchev–Trinajstić information content (AvgIpc) is 2.86. The molecule has 1 aliphatic heterocycles. The van der Waals surface area contributed by atoms with E-state index in [0.717, 1.165) is 32.1 Å². The number of rotatable bonds is 4. The Morgan fingerprint density at radius 3 is 2.68 bits per heavy atom. The van der Waals surface area contributed by atoms with Crippen LogP contribution in [0.2, 0.25) is 5.02 Å². The van der Waals surface area contributed by atoms with E-state index < -0.39 is 5.97 Å². The molecule has 1 aromatic carbocycles. The molecule has 0 saturated heterocycles. The van der Waals surface area contributed by atoms with Crippen LogP contribution < -0.4 is 14.8 Å². The molecule has 1 aliphatic carbocycles. The number of hydrogen-bond donors (Lipinski definition) is 1. The van der Waals surface area contributed by atoms with E-state index in [0.29, 0.717) is 24.7 Å². The maximum atomic E-state index is 12.2. The lowest BCUT2D eigenvalue weighted by Crippen LogP contribution is -2.38. The first-order chi connectivity index (χ1) is 12.1. The van der Waals surface area contributed by atoms with Gasteiger partial charge in [0.1, 0.15) is 0 Å². The lowest BCUT2D eigenvalue weighted by Gasteiger charge is -2.22. The maximum absolute atomic E-state index is 12.2. The molecule has 2 aliphatic rings. The predicted molar refractivity (Wildman–Crippen MR) is 92.4 cm³/mol. The van der Waals surface area contributed by atoms with Crippen LogP contribution in [-0.4, -0.2) is 37.7 Å². The van der Waals surface area contributed by atoms with Gasteiger partial charge in [-0.2, -0.15) is 0 Å². The zero-order chi connectivity index (χ0) is 17.6. The number of ether oxygens (including phenoxy) is 3. The van der Waals surface area contributed by atoms with Crippen molar-refractivity contribution in [1.82, 2.24) is 5.32 Å². The maximum Gasteiger partial charge on any atom is 0.338 e. The van der Waals surface area contributed by atoms with E-state index in [2.05, 4.69) is 5.32 Å². The molecule has 1 aromatic rings. The third kappa shape index (κ3) is 4.78. The Labute approximate surface area is 151 Å². The molecule has 1 N–H and O–H groups in total. The second-order valence-corrected chi connectivity index (χ2v) is 6.72. The molecule has 0 bridgehead atoms. The van der Waals surface area contributed by atoms with E-state index in [9.17, 15) is 9.59 Å². The van der Waals surface area contributed by atoms with Gasteiger partial charge in [0.15, 0.2) is 18.1 Å². The van der Waals surface area contributed by atoms with Gasteiger partial charge in [-0.05, 0) is 25.0 Å². The molecule has 0 radical (unpaired) electrons. The molecule has 3 rings (SSSR count). The minimum atomic E-state index is -0.614. The first kappa shape index (κ1) is 17.9. The summed E-state index contributed by atoms with van der Waals surface area (Å²) in [5.41, 5.74) is 0.236. The highest BCUT2D eigenvalue weighted by Crippen LogP contribution is 2.38. The first-order valence-electron chi connectivity index (χ1n) is 8.69. The van der Waals surface area contributed by atoms with Crippen LogP contribution in [0.4, 0.5) is 0 Å². The monoisotopic (exact) mass is 367 g/mol. The third-order valence-electron chi connectivity index (χ3n) is 4.34. The molecule has 136 valence electrons. The van der Waals surface area contributed by atoms with Crippen molar-refractivity contribution < 1.29 is 23.8 Å². The number of nitrogens with one attached hydrogen (secondary N) is 1. The zero-order valence-electron chi connectivity index (χ0n) is 14.0. The Kier molecular flexibility index (Phi) is 6.02. The van der Waals surface area contributed by atoms with Crippen molar-refractivity contribution in [1.29, 1.82) is 0 Å². The molecule has 0 atom stereocenters. The molecule has 0 spiro atoms. The van der Waals surface area contributed by atoms with Gasteiger partial charge in [0, 0.05) is 12.5 Å². The number of benzene rings is 1. The summed E-state index contributed by atoms with van der Waals surface area (Å²) in [5, 5.41) is 3.20. The Morgan fingerprint density at radius 2 is 1.88 bits per heavy atom. The molecule has 25 heavy (non-hydrogen) atoms. The third-order valence-corrected chi connectivity index (χ3v) is 4.62. The highest BCUT2D eigenvalue weighted by Gasteiger charge is 2.21. The number of hydrogen-bond acceptors (Lipinski definition) is 5. The highest BCUT2D eigenvalue weighted by molar-refractivity contribution is 6.32. The van der Waals surface area contributed by atoms with Gasteiger partial charge in [-0.3, -0.25) is 4.79 Å². The molecule has 7 heteroatoms. The SMILES string of the molecule is O=C(COC(=O)c1cc(Cl)c2c(c1)OCCCO2)NC1CCCCC1. The fourth-order valence-corrected chi connectivity index (χ4v) is 3.34. The van der Waals surface area contributed by atoms with Crippen LogP contribution >= 0.6 is 11.6 Å². The Bertz CT molecular complexity index is 643. The summed E-state index contributed by atoms with van der Waals surface area (Å²) in [7, 11) is 0. The molecule has 1 amide bonds. The number of amides is 1. The minimum Gasteiger partial charge on any atom is -0.489 e. The summed E-state index contributed by atoms with van der Waals surface area (Å²) in [4.78, 5) is 24.1. The van der Waals surface area contributed by atoms with Crippen molar-refractivity contribution in [3.63, 3.8) is 0 Å². The summed E-state index contributed by atoms with van der Waals surface area (Å²) in [6.07, 6.45) is 6.17. The lowest BCUT2D eigenvalue weighted by atomic mass is 9.95. The van der Waals surface area contributed by atoms with Crippen LogP contribution in [0.15, 0.2) is 12.1 Å². The van der Waals surface area contributed by atoms with Gasteiger partial charge >= 0.3 is 5.97 Å². The Morgan fingerprint density at radius 1 is 1.12 bits per heavy atom. The van der Waals surface area contributed by atoms with Crippen LogP contribution in [0, 0.1) is 0 Å². The number of fused-ring (bicyclic) bond motifs is 1. The molecule has 1 fully saturated rings. The van der Waals surface area contributed by atoms with E-state index in [1.54, 1.807) is 0 Å². The smallest absolute Gasteiger partial charge is 0.338 e. The van der Waals surface area contributed by atoms with Crippen molar-refractivity contribution in [2.75, 3.05) is 19.8 Å². The van der Waals surface area contributed by atoms with E-state index in [-0.39, 0.29) is 29.1 Å². The molecular formula is C18H22ClNO5. The van der Waals surface area contributed by atoms with E-state index >= 15 is 0 Å². The van der Waals surface area contributed by atoms with Crippen LogP contribution in [0.25, 0.3) is 0 Å². The predicted octanol–water partition coefficient (Wildman–Crippen LogP) is 3.11. The van der Waals surface area contributed by atoms with Gasteiger partial charge in [-0.25, -0.2) is 4.79 Å². The van der Waals surface area contributed by atoms with Crippen LogP contribution in [-0.2, 0) is 9.53 Å². The van der Waals surface area contributed by atoms with Crippen molar-refractivity contribution >= 4 is 23.5 Å². The number of carbonyl (C=O) groups excluding carboxylic acids is 2. The summed E-state index contributed by atoms with van der Waals surface area (Å²) in [5.74, 6) is -0.0357. The highest BCUT2D eigenvalue weighted by atomic mass is 35.5. The van der Waals surface area contributed by atoms with Gasteiger partial charge < -0.3 is 19.5 Å². The molecule has 1 heterocycles. The second-order valence-electron chi connectivity index (χ2n) is 6.31.